The number of nitrogens with two attached hydrogens (primary N) is 1. The van der Waals surface area contributed by atoms with Crippen LogP contribution >= 0.6 is 0 Å². The number of nitrogens with zero attached hydrogens (tertiary/aromatic N) is 2. The number of hydrogen-bond donors (Lipinski definition) is 1. The largest absolute Gasteiger partial charge is 0.497 e. The Kier molecular flexibility index (Phi) is 4.88. The maximum atomic E-state index is 6.44. The molecular formula is C23H27N3O. The van der Waals surface area contributed by atoms with Crippen molar-refractivity contribution in [2.45, 2.75) is 44.2 Å². The molecule has 0 unspecified atom stereocenters. The van der Waals surface area contributed by atoms with Gasteiger partial charge < -0.3 is 15.4 Å². The fraction of sp³-hybridized carbons (Fsp3) is 0.348. The Bertz CT molecular complexity index is 834. The minimum absolute atomic E-state index is 0.0852. The molecule has 2 aromatic rings. The van der Waals surface area contributed by atoms with Crippen LogP contribution in [0.15, 0.2) is 65.3 Å². The van der Waals surface area contributed by atoms with E-state index in [0.717, 1.165) is 30.8 Å². The summed E-state index contributed by atoms with van der Waals surface area (Å²) in [4.78, 5) is 7.15. The molecule has 2 aromatic carbocycles. The first-order valence-corrected chi connectivity index (χ1v) is 9.73. The van der Waals surface area contributed by atoms with Gasteiger partial charge in [-0.15, -0.1) is 0 Å². The molecule has 0 saturated heterocycles. The van der Waals surface area contributed by atoms with E-state index in [2.05, 4.69) is 47.4 Å². The van der Waals surface area contributed by atoms with E-state index in [4.69, 9.17) is 15.5 Å². The van der Waals surface area contributed by atoms with E-state index >= 15 is 0 Å². The average Bonchev–Trinajstić information content (AvgIpc) is 2.95. The zero-order valence-electron chi connectivity index (χ0n) is 15.9. The van der Waals surface area contributed by atoms with Crippen molar-refractivity contribution in [1.29, 1.82) is 0 Å². The fourth-order valence-corrected chi connectivity index (χ4v) is 4.33. The van der Waals surface area contributed by atoms with Crippen LogP contribution in [0.25, 0.3) is 6.08 Å². The third kappa shape index (κ3) is 3.44. The van der Waals surface area contributed by atoms with Crippen molar-refractivity contribution in [2.24, 2.45) is 10.7 Å². The molecule has 2 N–H and O–H groups in total. The topological polar surface area (TPSA) is 50.9 Å². The van der Waals surface area contributed by atoms with Crippen LogP contribution in [0.3, 0.4) is 0 Å². The van der Waals surface area contributed by atoms with Gasteiger partial charge in [-0.3, -0.25) is 0 Å². The van der Waals surface area contributed by atoms with Gasteiger partial charge in [0.2, 0.25) is 0 Å². The molecule has 1 fully saturated rings. The molecule has 4 heteroatoms. The quantitative estimate of drug-likeness (QED) is 0.868. The molecule has 1 heterocycles. The number of ether oxygens (including phenoxy) is 1. The molecule has 1 aliphatic carbocycles. The number of rotatable bonds is 4. The number of aliphatic imine (C=N–C) groups is 1. The average molecular weight is 361 g/mol. The molecule has 2 aliphatic rings. The van der Waals surface area contributed by atoms with Crippen LogP contribution in [0.5, 0.6) is 5.75 Å². The summed E-state index contributed by atoms with van der Waals surface area (Å²) < 4.78 is 5.28. The number of hydrogen-bond acceptors (Lipinski definition) is 4. The smallest absolute Gasteiger partial charge is 0.197 e. The van der Waals surface area contributed by atoms with Gasteiger partial charge >= 0.3 is 0 Å². The van der Waals surface area contributed by atoms with Crippen molar-refractivity contribution < 1.29 is 4.74 Å². The fourth-order valence-electron chi connectivity index (χ4n) is 4.33. The maximum Gasteiger partial charge on any atom is 0.197 e. The van der Waals surface area contributed by atoms with Crippen LogP contribution in [0.2, 0.25) is 0 Å². The predicted molar refractivity (Wildman–Crippen MR) is 110 cm³/mol. The molecule has 4 rings (SSSR count). The summed E-state index contributed by atoms with van der Waals surface area (Å²) in [6.07, 6.45) is 8.14. The summed E-state index contributed by atoms with van der Waals surface area (Å²) in [6.45, 7) is 0.769. The number of benzene rings is 2. The molecule has 1 saturated carbocycles. The Hall–Kier alpha value is -2.75. The van der Waals surface area contributed by atoms with Gasteiger partial charge in [-0.2, -0.15) is 0 Å². The van der Waals surface area contributed by atoms with Gasteiger partial charge in [-0.25, -0.2) is 4.99 Å². The molecule has 140 valence electrons. The standard InChI is InChI=1S/C23H27N3O/c1-27-20-12-10-19(11-13-20)17-26-22(24)25-21(16-18-8-4-2-5-9-18)23(26)14-6-3-7-15-23/h2,4-5,8-13,16H,3,6-7,14-15,17H2,1H3,(H2,24,25)/b21-16-. The van der Waals surface area contributed by atoms with Crippen molar-refractivity contribution in [3.63, 3.8) is 0 Å². The number of guanidine groups is 1. The summed E-state index contributed by atoms with van der Waals surface area (Å²) in [5.41, 5.74) is 9.87. The zero-order chi connectivity index (χ0) is 18.7. The summed E-state index contributed by atoms with van der Waals surface area (Å²) in [7, 11) is 1.69. The van der Waals surface area contributed by atoms with Crippen molar-refractivity contribution in [1.82, 2.24) is 4.90 Å². The highest BCUT2D eigenvalue weighted by Crippen LogP contribution is 2.45. The maximum absolute atomic E-state index is 6.44. The lowest BCUT2D eigenvalue weighted by Crippen LogP contribution is -2.51. The molecule has 0 amide bonds. The van der Waals surface area contributed by atoms with Gasteiger partial charge in [-0.1, -0.05) is 61.7 Å². The molecule has 1 spiro atoms. The second-order valence-electron chi connectivity index (χ2n) is 7.44. The Balaban J connectivity index is 1.67. The van der Waals surface area contributed by atoms with Crippen molar-refractivity contribution in [3.05, 3.63) is 71.4 Å². The Morgan fingerprint density at radius 3 is 2.41 bits per heavy atom. The summed E-state index contributed by atoms with van der Waals surface area (Å²) in [5.74, 6) is 1.51. The normalized spacial score (nSPS) is 20.1. The van der Waals surface area contributed by atoms with Gasteiger partial charge in [-0.05, 0) is 42.2 Å². The first-order valence-electron chi connectivity index (χ1n) is 9.73. The van der Waals surface area contributed by atoms with Crippen LogP contribution in [0.4, 0.5) is 0 Å². The number of methoxy groups -OCH3 is 1. The van der Waals surface area contributed by atoms with Crippen LogP contribution < -0.4 is 10.5 Å². The molecule has 1 aliphatic heterocycles. The molecule has 0 bridgehead atoms. The third-order valence-electron chi connectivity index (χ3n) is 5.79. The van der Waals surface area contributed by atoms with E-state index in [1.165, 1.54) is 30.4 Å². The molecular weight excluding hydrogens is 334 g/mol. The molecule has 4 nitrogen and oxygen atoms in total. The minimum Gasteiger partial charge on any atom is -0.497 e. The lowest BCUT2D eigenvalue weighted by Gasteiger charge is -2.43. The second kappa shape index (κ2) is 7.47. The van der Waals surface area contributed by atoms with Crippen LogP contribution in [-0.2, 0) is 6.54 Å². The van der Waals surface area contributed by atoms with Gasteiger partial charge in [0.15, 0.2) is 5.96 Å². The van der Waals surface area contributed by atoms with Crippen molar-refractivity contribution in [2.75, 3.05) is 7.11 Å². The van der Waals surface area contributed by atoms with E-state index in [1.807, 2.05) is 18.2 Å². The van der Waals surface area contributed by atoms with Crippen molar-refractivity contribution >= 4 is 12.0 Å². The van der Waals surface area contributed by atoms with E-state index in [1.54, 1.807) is 7.11 Å². The van der Waals surface area contributed by atoms with Gasteiger partial charge in [0, 0.05) is 6.54 Å². The molecule has 0 radical (unpaired) electrons. The van der Waals surface area contributed by atoms with E-state index in [-0.39, 0.29) is 5.54 Å². The highest BCUT2D eigenvalue weighted by molar-refractivity contribution is 5.85. The SMILES string of the molecule is COc1ccc(CN2C(N)=N/C(=C\c3ccccc3)C23CCCCC3)cc1. The van der Waals surface area contributed by atoms with Gasteiger partial charge in [0.25, 0.3) is 0 Å². The minimum atomic E-state index is -0.0852. The zero-order valence-corrected chi connectivity index (χ0v) is 15.9. The van der Waals surface area contributed by atoms with Gasteiger partial charge in [0.1, 0.15) is 5.75 Å². The van der Waals surface area contributed by atoms with Crippen LogP contribution in [0, 0.1) is 0 Å². The second-order valence-corrected chi connectivity index (χ2v) is 7.44. The lowest BCUT2D eigenvalue weighted by molar-refractivity contribution is 0.160. The summed E-state index contributed by atoms with van der Waals surface area (Å²) in [6, 6.07) is 18.7. The Morgan fingerprint density at radius 1 is 1.04 bits per heavy atom. The lowest BCUT2D eigenvalue weighted by atomic mass is 9.78. The van der Waals surface area contributed by atoms with Crippen molar-refractivity contribution in [3.8, 4) is 5.75 Å². The predicted octanol–water partition coefficient (Wildman–Crippen LogP) is 4.57. The summed E-state index contributed by atoms with van der Waals surface area (Å²) >= 11 is 0. The highest BCUT2D eigenvalue weighted by Gasteiger charge is 2.46. The highest BCUT2D eigenvalue weighted by atomic mass is 16.5. The van der Waals surface area contributed by atoms with E-state index in [0.29, 0.717) is 5.96 Å². The van der Waals surface area contributed by atoms with E-state index < -0.39 is 0 Å². The third-order valence-corrected chi connectivity index (χ3v) is 5.79. The molecule has 0 atom stereocenters. The first kappa shape index (κ1) is 17.7. The first-order chi connectivity index (χ1) is 13.2. The van der Waals surface area contributed by atoms with Crippen LogP contribution in [0.1, 0.15) is 43.2 Å². The summed E-state index contributed by atoms with van der Waals surface area (Å²) in [5, 5.41) is 0. The molecule has 27 heavy (non-hydrogen) atoms. The Labute approximate surface area is 161 Å². The monoisotopic (exact) mass is 361 g/mol. The molecule has 0 aromatic heterocycles. The van der Waals surface area contributed by atoms with E-state index in [9.17, 15) is 0 Å². The van der Waals surface area contributed by atoms with Gasteiger partial charge in [0.05, 0.1) is 18.3 Å². The van der Waals surface area contributed by atoms with Crippen LogP contribution in [-0.4, -0.2) is 23.5 Å². The Morgan fingerprint density at radius 2 is 1.74 bits per heavy atom.